The minimum atomic E-state index is 0.0293. The Morgan fingerprint density at radius 1 is 0.512 bits per heavy atom. The van der Waals surface area contributed by atoms with Gasteiger partial charge in [-0.1, -0.05) is 117 Å². The van der Waals surface area contributed by atoms with Crippen LogP contribution in [0.4, 0.5) is 0 Å². The molecule has 5 nitrogen and oxygen atoms in total. The van der Waals surface area contributed by atoms with Gasteiger partial charge in [0, 0.05) is 25.9 Å². The third-order valence-electron chi connectivity index (χ3n) is 8.60. The highest BCUT2D eigenvalue weighted by Gasteiger charge is 2.20. The molecular formula is C36H66N2O3. The fourth-order valence-corrected chi connectivity index (χ4v) is 5.75. The Bertz CT molecular complexity index is 654. The van der Waals surface area contributed by atoms with Crippen LogP contribution in [0.3, 0.4) is 0 Å². The zero-order chi connectivity index (χ0) is 29.4. The quantitative estimate of drug-likeness (QED) is 0.129. The van der Waals surface area contributed by atoms with Crippen molar-refractivity contribution < 1.29 is 14.2 Å². The summed E-state index contributed by atoms with van der Waals surface area (Å²) in [6.45, 7) is 8.11. The summed E-state index contributed by atoms with van der Waals surface area (Å²) in [6, 6.07) is 8.24. The van der Waals surface area contributed by atoms with Gasteiger partial charge < -0.3 is 14.2 Å². The van der Waals surface area contributed by atoms with Crippen LogP contribution in [-0.4, -0.2) is 62.7 Å². The van der Waals surface area contributed by atoms with Gasteiger partial charge in [0.25, 0.3) is 0 Å². The van der Waals surface area contributed by atoms with E-state index in [1.54, 1.807) is 0 Å². The van der Waals surface area contributed by atoms with Gasteiger partial charge in [-0.05, 0) is 51.2 Å². The van der Waals surface area contributed by atoms with Gasteiger partial charge in [-0.3, -0.25) is 9.80 Å². The Kier molecular flexibility index (Phi) is 21.2. The minimum Gasteiger partial charge on any atom is -0.475 e. The molecule has 0 aliphatic carbocycles. The van der Waals surface area contributed by atoms with Crippen LogP contribution in [0.25, 0.3) is 0 Å². The molecule has 0 amide bonds. The molecule has 0 fully saturated rings. The maximum Gasteiger partial charge on any atom is 0.154 e. The van der Waals surface area contributed by atoms with Crippen molar-refractivity contribution in [3.8, 4) is 11.5 Å². The monoisotopic (exact) mass is 575 g/mol. The van der Waals surface area contributed by atoms with Crippen LogP contribution in [0.5, 0.6) is 11.5 Å². The van der Waals surface area contributed by atoms with E-state index in [-0.39, 0.29) is 12.5 Å². The Balaban J connectivity index is 1.72. The summed E-state index contributed by atoms with van der Waals surface area (Å²) < 4.78 is 19.0. The molecule has 0 radical (unpaired) electrons. The van der Waals surface area contributed by atoms with Crippen molar-refractivity contribution in [2.45, 2.75) is 155 Å². The van der Waals surface area contributed by atoms with Crippen molar-refractivity contribution in [1.29, 1.82) is 0 Å². The van der Waals surface area contributed by atoms with E-state index in [0.29, 0.717) is 13.2 Å². The second kappa shape index (κ2) is 24.2. The summed E-state index contributed by atoms with van der Waals surface area (Å²) in [4.78, 5) is 4.74. The fraction of sp³-hybridized carbons (Fsp3) is 0.833. The predicted molar refractivity (Wildman–Crippen MR) is 175 cm³/mol. The average molecular weight is 575 g/mol. The number of ether oxygens (including phenoxy) is 3. The molecule has 1 aromatic carbocycles. The molecule has 2 unspecified atom stereocenters. The summed E-state index contributed by atoms with van der Waals surface area (Å²) in [7, 11) is 4.39. The van der Waals surface area contributed by atoms with Crippen LogP contribution in [0, 0.1) is 0 Å². The summed E-state index contributed by atoms with van der Waals surface area (Å²) in [6.07, 6.45) is 26.2. The molecular weight excluding hydrogens is 508 g/mol. The largest absolute Gasteiger partial charge is 0.475 e. The summed E-state index contributed by atoms with van der Waals surface area (Å²) >= 11 is 0. The maximum atomic E-state index is 6.44. The number of unbranched alkanes of at least 4 members (excludes halogenated alkanes) is 16. The molecule has 0 saturated heterocycles. The molecule has 2 atom stereocenters. The third-order valence-corrected chi connectivity index (χ3v) is 8.60. The Morgan fingerprint density at radius 2 is 0.829 bits per heavy atom. The highest BCUT2D eigenvalue weighted by molar-refractivity contribution is 5.31. The van der Waals surface area contributed by atoms with E-state index >= 15 is 0 Å². The van der Waals surface area contributed by atoms with Crippen LogP contribution in [0.1, 0.15) is 142 Å². The Morgan fingerprint density at radius 3 is 1.17 bits per heavy atom. The van der Waals surface area contributed by atoms with E-state index in [1.807, 2.05) is 0 Å². The molecule has 0 saturated carbocycles. The lowest BCUT2D eigenvalue weighted by Gasteiger charge is -2.29. The van der Waals surface area contributed by atoms with Gasteiger partial charge in [-0.2, -0.15) is 0 Å². The van der Waals surface area contributed by atoms with Gasteiger partial charge in [-0.15, -0.1) is 0 Å². The molecule has 3 rings (SSSR count). The van der Waals surface area contributed by atoms with E-state index in [1.165, 1.54) is 116 Å². The lowest BCUT2D eigenvalue weighted by atomic mass is 10.1. The van der Waals surface area contributed by atoms with Crippen molar-refractivity contribution in [3.05, 3.63) is 24.3 Å². The first-order valence-electron chi connectivity index (χ1n) is 17.6. The molecule has 0 N–H and O–H groups in total. The fourth-order valence-electron chi connectivity index (χ4n) is 5.75. The van der Waals surface area contributed by atoms with Crippen LogP contribution < -0.4 is 9.47 Å². The van der Waals surface area contributed by atoms with Crippen molar-refractivity contribution >= 4 is 0 Å². The zero-order valence-electron chi connectivity index (χ0n) is 27.6. The molecule has 1 aromatic rings. The number of hydrogen-bond acceptors (Lipinski definition) is 5. The van der Waals surface area contributed by atoms with Crippen molar-refractivity contribution in [1.82, 2.24) is 9.80 Å². The number of rotatable bonds is 22. The highest BCUT2D eigenvalue weighted by Crippen LogP contribution is 2.23. The van der Waals surface area contributed by atoms with Gasteiger partial charge in [0.1, 0.15) is 11.5 Å². The molecule has 2 heterocycles. The molecule has 238 valence electrons. The van der Waals surface area contributed by atoms with Crippen molar-refractivity contribution in [2.24, 2.45) is 0 Å². The van der Waals surface area contributed by atoms with Crippen LogP contribution in [0.15, 0.2) is 24.3 Å². The minimum absolute atomic E-state index is 0.0293. The standard InChI is InChI=1S/C36H66N2O3/c1-5-7-9-11-13-15-17-19-21-29-37(3)35-27-31-39-32-28-36(41-34-25-23-33(40-35)24-26-34)38(4)30-22-20-18-16-14-12-10-8-6-2/h23-26,35-36H,5-22,27-32H2,1-4H3. The second-order valence-electron chi connectivity index (χ2n) is 12.4. The van der Waals surface area contributed by atoms with E-state index in [9.17, 15) is 0 Å². The second-order valence-corrected chi connectivity index (χ2v) is 12.4. The van der Waals surface area contributed by atoms with Crippen molar-refractivity contribution in [3.63, 3.8) is 0 Å². The van der Waals surface area contributed by atoms with E-state index in [4.69, 9.17) is 14.2 Å². The number of hydrogen-bond donors (Lipinski definition) is 0. The van der Waals surface area contributed by atoms with E-state index in [2.05, 4.69) is 62.0 Å². The van der Waals surface area contributed by atoms with Gasteiger partial charge in [0.05, 0.1) is 13.2 Å². The first-order chi connectivity index (χ1) is 20.1. The molecule has 2 aliphatic heterocycles. The lowest BCUT2D eigenvalue weighted by molar-refractivity contribution is -0.00985. The summed E-state index contributed by atoms with van der Waals surface area (Å²) in [5.74, 6) is 1.81. The van der Waals surface area contributed by atoms with Crippen molar-refractivity contribution in [2.75, 3.05) is 40.4 Å². The topological polar surface area (TPSA) is 34.2 Å². The van der Waals surface area contributed by atoms with Gasteiger partial charge in [0.2, 0.25) is 0 Å². The summed E-state index contributed by atoms with van der Waals surface area (Å²) in [5.41, 5.74) is 0. The number of fused-ring (bicyclic) bond motifs is 10. The van der Waals surface area contributed by atoms with Gasteiger partial charge >= 0.3 is 0 Å². The first-order valence-corrected chi connectivity index (χ1v) is 17.6. The van der Waals surface area contributed by atoms with E-state index < -0.39 is 0 Å². The average Bonchev–Trinajstić information content (AvgIpc) is 3.01. The predicted octanol–water partition coefficient (Wildman–Crippen LogP) is 9.83. The third kappa shape index (κ3) is 17.4. The Hall–Kier alpha value is -1.30. The highest BCUT2D eigenvalue weighted by atomic mass is 16.5. The Labute approximate surface area is 254 Å². The smallest absolute Gasteiger partial charge is 0.154 e. The molecule has 5 heteroatoms. The van der Waals surface area contributed by atoms with Crippen LogP contribution in [0.2, 0.25) is 0 Å². The zero-order valence-corrected chi connectivity index (χ0v) is 27.6. The summed E-state index contributed by atoms with van der Waals surface area (Å²) in [5, 5.41) is 0. The van der Waals surface area contributed by atoms with Gasteiger partial charge in [0.15, 0.2) is 12.5 Å². The number of benzene rings is 1. The molecule has 2 bridgehead atoms. The lowest BCUT2D eigenvalue weighted by Crippen LogP contribution is -2.39. The molecule has 2 aliphatic rings. The number of nitrogens with zero attached hydrogens (tertiary/aromatic N) is 2. The van der Waals surface area contributed by atoms with Gasteiger partial charge in [-0.25, -0.2) is 0 Å². The van der Waals surface area contributed by atoms with Crippen LogP contribution >= 0.6 is 0 Å². The molecule has 0 aromatic heterocycles. The van der Waals surface area contributed by atoms with Crippen LogP contribution in [-0.2, 0) is 4.74 Å². The van der Waals surface area contributed by atoms with E-state index in [0.717, 1.165) is 37.4 Å². The first kappa shape index (κ1) is 35.9. The normalized spacial score (nSPS) is 18.1. The molecule has 41 heavy (non-hydrogen) atoms. The molecule has 0 spiro atoms. The maximum absolute atomic E-state index is 6.44. The SMILES string of the molecule is CCCCCCCCCCCN(C)C1CCOCCC(N(C)CCCCCCCCCCC)Oc2ccc(cc2)O1.